The number of aryl methyl sites for hydroxylation is 1. The smallest absolute Gasteiger partial charge is 0.258 e. The zero-order valence-electron chi connectivity index (χ0n) is 25.7. The molecule has 0 bridgehead atoms. The first-order chi connectivity index (χ1) is 22.6. The van der Waals surface area contributed by atoms with E-state index in [9.17, 15) is 9.59 Å². The van der Waals surface area contributed by atoms with Crippen LogP contribution in [0.5, 0.6) is 0 Å². The van der Waals surface area contributed by atoms with Gasteiger partial charge in [-0.25, -0.2) is 4.98 Å². The van der Waals surface area contributed by atoms with E-state index in [1.165, 1.54) is 4.88 Å². The molecule has 2 aromatic heterocycles. The van der Waals surface area contributed by atoms with Crippen molar-refractivity contribution >= 4 is 34.5 Å². The number of benzene rings is 3. The van der Waals surface area contributed by atoms with Crippen molar-refractivity contribution in [3.8, 4) is 6.07 Å². The SMILES string of the molecule is N#Cc1ccc(Cn2cncc2CN(C(=O)c2ccccc2)c2ccc(N3CCN(C(=O)CCCc4cccs4)CC3)cc2)cc1. The van der Waals surface area contributed by atoms with E-state index < -0.39 is 0 Å². The summed E-state index contributed by atoms with van der Waals surface area (Å²) in [5, 5.41) is 11.2. The van der Waals surface area contributed by atoms with Crippen LogP contribution in [0.25, 0.3) is 0 Å². The van der Waals surface area contributed by atoms with Crippen molar-refractivity contribution in [2.75, 3.05) is 36.0 Å². The topological polar surface area (TPSA) is 85.5 Å². The maximum atomic E-state index is 13.9. The third-order valence-electron chi connectivity index (χ3n) is 8.37. The molecule has 232 valence electrons. The molecule has 1 aliphatic rings. The highest BCUT2D eigenvalue weighted by Crippen LogP contribution is 2.26. The van der Waals surface area contributed by atoms with Crippen molar-refractivity contribution in [1.29, 1.82) is 5.26 Å². The van der Waals surface area contributed by atoms with Gasteiger partial charge in [-0.15, -0.1) is 11.3 Å². The van der Waals surface area contributed by atoms with Gasteiger partial charge in [0.25, 0.3) is 5.91 Å². The van der Waals surface area contributed by atoms with Crippen molar-refractivity contribution in [3.63, 3.8) is 0 Å². The van der Waals surface area contributed by atoms with Crippen molar-refractivity contribution in [2.45, 2.75) is 32.4 Å². The standard InChI is InChI=1S/C37H36N6O2S/c38-24-29-11-13-30(14-12-29)26-42-28-39-25-34(42)27-43(37(45)31-6-2-1-3-7-31)33-17-15-32(16-18-33)40-19-21-41(22-20-40)36(44)10-4-8-35-9-5-23-46-35/h1-3,5-7,9,11-18,23,25,28H,4,8,10,19-22,26-27H2. The van der Waals surface area contributed by atoms with E-state index in [0.29, 0.717) is 43.7 Å². The van der Waals surface area contributed by atoms with Gasteiger partial charge in [0.1, 0.15) is 0 Å². The number of aromatic nitrogens is 2. The van der Waals surface area contributed by atoms with Crippen LogP contribution in [0.15, 0.2) is 109 Å². The number of imidazole rings is 1. The van der Waals surface area contributed by atoms with Crippen LogP contribution in [0.2, 0.25) is 0 Å². The second kappa shape index (κ2) is 14.7. The van der Waals surface area contributed by atoms with Crippen LogP contribution < -0.4 is 9.80 Å². The molecule has 0 saturated carbocycles. The van der Waals surface area contributed by atoms with Crippen LogP contribution in [0.3, 0.4) is 0 Å². The highest BCUT2D eigenvalue weighted by atomic mass is 32.1. The zero-order chi connectivity index (χ0) is 31.7. The summed E-state index contributed by atoms with van der Waals surface area (Å²) in [6, 6.07) is 31.3. The molecule has 8 nitrogen and oxygen atoms in total. The summed E-state index contributed by atoms with van der Waals surface area (Å²) < 4.78 is 2.03. The molecule has 1 fully saturated rings. The van der Waals surface area contributed by atoms with Crippen molar-refractivity contribution in [2.24, 2.45) is 0 Å². The van der Waals surface area contributed by atoms with E-state index in [1.54, 1.807) is 28.8 Å². The molecule has 1 aliphatic heterocycles. The van der Waals surface area contributed by atoms with Crippen molar-refractivity contribution in [1.82, 2.24) is 14.5 Å². The Morgan fingerprint density at radius 1 is 0.891 bits per heavy atom. The summed E-state index contributed by atoms with van der Waals surface area (Å²) in [5.74, 6) is 0.144. The molecule has 0 unspecified atom stereocenters. The number of hydrogen-bond acceptors (Lipinski definition) is 6. The summed E-state index contributed by atoms with van der Waals surface area (Å²) in [5.41, 5.74) is 5.04. The van der Waals surface area contributed by atoms with Crippen LogP contribution in [0, 0.1) is 11.3 Å². The molecule has 2 amide bonds. The van der Waals surface area contributed by atoms with Gasteiger partial charge in [-0.1, -0.05) is 36.4 Å². The molecule has 9 heteroatoms. The van der Waals surface area contributed by atoms with E-state index in [-0.39, 0.29) is 11.8 Å². The minimum Gasteiger partial charge on any atom is -0.368 e. The first-order valence-corrected chi connectivity index (χ1v) is 16.5. The fourth-order valence-corrected chi connectivity index (χ4v) is 6.52. The Balaban J connectivity index is 1.12. The number of thiophene rings is 1. The van der Waals surface area contributed by atoms with E-state index >= 15 is 0 Å². The van der Waals surface area contributed by atoms with Gasteiger partial charge < -0.3 is 19.3 Å². The number of carbonyl (C=O) groups is 2. The van der Waals surface area contributed by atoms with E-state index in [4.69, 9.17) is 5.26 Å². The Morgan fingerprint density at radius 3 is 2.35 bits per heavy atom. The fraction of sp³-hybridized carbons (Fsp3) is 0.243. The van der Waals surface area contributed by atoms with Gasteiger partial charge in [0.2, 0.25) is 5.91 Å². The van der Waals surface area contributed by atoms with Crippen LogP contribution in [-0.4, -0.2) is 52.4 Å². The maximum Gasteiger partial charge on any atom is 0.258 e. The van der Waals surface area contributed by atoms with Gasteiger partial charge >= 0.3 is 0 Å². The number of piperazine rings is 1. The molecule has 1 saturated heterocycles. The molecule has 0 atom stereocenters. The van der Waals surface area contributed by atoms with Gasteiger partial charge in [-0.3, -0.25) is 9.59 Å². The Labute approximate surface area is 273 Å². The number of anilines is 2. The molecule has 5 aromatic rings. The molecule has 0 aliphatic carbocycles. The molecular formula is C37H36N6O2S. The Morgan fingerprint density at radius 2 is 1.65 bits per heavy atom. The summed E-state index contributed by atoms with van der Waals surface area (Å²) in [7, 11) is 0. The molecular weight excluding hydrogens is 593 g/mol. The van der Waals surface area contributed by atoms with Gasteiger partial charge in [0.15, 0.2) is 0 Å². The minimum absolute atomic E-state index is 0.0920. The zero-order valence-corrected chi connectivity index (χ0v) is 26.5. The normalized spacial score (nSPS) is 12.9. The maximum absolute atomic E-state index is 13.9. The van der Waals surface area contributed by atoms with Crippen LogP contribution in [0.1, 0.15) is 44.9 Å². The predicted molar refractivity (Wildman–Crippen MR) is 182 cm³/mol. The molecule has 0 spiro atoms. The number of amides is 2. The molecule has 3 heterocycles. The Hall–Kier alpha value is -5.20. The summed E-state index contributed by atoms with van der Waals surface area (Å²) in [6.45, 7) is 3.89. The van der Waals surface area contributed by atoms with Crippen molar-refractivity contribution < 1.29 is 9.59 Å². The largest absolute Gasteiger partial charge is 0.368 e. The highest BCUT2D eigenvalue weighted by Gasteiger charge is 2.23. The van der Waals surface area contributed by atoms with Crippen LogP contribution >= 0.6 is 11.3 Å². The third kappa shape index (κ3) is 7.53. The third-order valence-corrected chi connectivity index (χ3v) is 9.31. The molecule has 0 radical (unpaired) electrons. The molecule has 46 heavy (non-hydrogen) atoms. The predicted octanol–water partition coefficient (Wildman–Crippen LogP) is 6.38. The van der Waals surface area contributed by atoms with E-state index in [1.807, 2.05) is 76.2 Å². The molecule has 3 aromatic carbocycles. The monoisotopic (exact) mass is 628 g/mol. The average molecular weight is 629 g/mol. The lowest BCUT2D eigenvalue weighted by Crippen LogP contribution is -2.48. The first-order valence-electron chi connectivity index (χ1n) is 15.6. The highest BCUT2D eigenvalue weighted by molar-refractivity contribution is 7.09. The minimum atomic E-state index is -0.0920. The van der Waals surface area contributed by atoms with Crippen LogP contribution in [0.4, 0.5) is 11.4 Å². The number of nitrogens with zero attached hydrogens (tertiary/aromatic N) is 6. The second-order valence-corrected chi connectivity index (χ2v) is 12.4. The van der Waals surface area contributed by atoms with Crippen LogP contribution in [-0.2, 0) is 24.3 Å². The number of rotatable bonds is 11. The van der Waals surface area contributed by atoms with E-state index in [2.05, 4.69) is 45.6 Å². The van der Waals surface area contributed by atoms with E-state index in [0.717, 1.165) is 48.6 Å². The van der Waals surface area contributed by atoms with Gasteiger partial charge in [-0.2, -0.15) is 5.26 Å². The average Bonchev–Trinajstić information content (AvgIpc) is 3.80. The molecule has 0 N–H and O–H groups in total. The van der Waals surface area contributed by atoms with Gasteiger partial charge in [0, 0.05) is 67.2 Å². The quantitative estimate of drug-likeness (QED) is 0.169. The van der Waals surface area contributed by atoms with Gasteiger partial charge in [-0.05, 0) is 78.4 Å². The van der Waals surface area contributed by atoms with Crippen molar-refractivity contribution in [3.05, 3.63) is 136 Å². The second-order valence-electron chi connectivity index (χ2n) is 11.4. The first kappa shape index (κ1) is 30.8. The fourth-order valence-electron chi connectivity index (χ4n) is 5.77. The summed E-state index contributed by atoms with van der Waals surface area (Å²) >= 11 is 1.75. The lowest BCUT2D eigenvalue weighted by Gasteiger charge is -2.36. The lowest BCUT2D eigenvalue weighted by molar-refractivity contribution is -0.131. The Bertz CT molecular complexity index is 1770. The number of hydrogen-bond donors (Lipinski definition) is 0. The summed E-state index contributed by atoms with van der Waals surface area (Å²) in [6.07, 6.45) is 6.00. The number of carbonyl (C=O) groups excluding carboxylic acids is 2. The Kier molecular flexibility index (Phi) is 9.86. The molecule has 6 rings (SSSR count). The number of nitriles is 1. The van der Waals surface area contributed by atoms with Gasteiger partial charge in [0.05, 0.1) is 30.2 Å². The lowest BCUT2D eigenvalue weighted by atomic mass is 10.1. The summed E-state index contributed by atoms with van der Waals surface area (Å²) in [4.78, 5) is 38.5.